The molecule has 0 spiro atoms. The number of hydrogen-bond donors (Lipinski definition) is 2. The average molecular weight is 384 g/mol. The Morgan fingerprint density at radius 2 is 1.68 bits per heavy atom. The zero-order valence-electron chi connectivity index (χ0n) is 16.9. The van der Waals surface area contributed by atoms with E-state index < -0.39 is 0 Å². The van der Waals surface area contributed by atoms with Crippen molar-refractivity contribution < 1.29 is 19.1 Å². The maximum Gasteiger partial charge on any atom is 0.262 e. The van der Waals surface area contributed by atoms with Crippen molar-refractivity contribution in [2.45, 2.75) is 40.0 Å². The molecule has 0 heterocycles. The Labute approximate surface area is 166 Å². The number of aryl methyl sites for hydroxylation is 2. The molecule has 0 aliphatic rings. The van der Waals surface area contributed by atoms with E-state index in [-0.39, 0.29) is 18.4 Å². The van der Waals surface area contributed by atoms with Gasteiger partial charge in [-0.1, -0.05) is 19.4 Å². The Balaban J connectivity index is 1.95. The standard InChI is InChI=1S/C22H28N2O4/c1-5-6-7-21(25)24-19-9-8-17(13-20(19)27-4)23-22(26)14-28-18-11-15(2)10-16(3)12-18/h8-13H,5-7,14H2,1-4H3,(H,23,26)(H,24,25). The molecule has 2 aromatic carbocycles. The van der Waals surface area contributed by atoms with Gasteiger partial charge in [-0.2, -0.15) is 0 Å². The molecule has 0 saturated heterocycles. The third-order valence-electron chi connectivity index (χ3n) is 4.08. The number of ether oxygens (including phenoxy) is 2. The molecule has 0 bridgehead atoms. The van der Waals surface area contributed by atoms with Gasteiger partial charge in [0.25, 0.3) is 5.91 Å². The number of carbonyl (C=O) groups excluding carboxylic acids is 2. The Hall–Kier alpha value is -3.02. The first kappa shape index (κ1) is 21.3. The van der Waals surface area contributed by atoms with Gasteiger partial charge >= 0.3 is 0 Å². The van der Waals surface area contributed by atoms with Crippen molar-refractivity contribution >= 4 is 23.2 Å². The fraction of sp³-hybridized carbons (Fsp3) is 0.364. The molecule has 0 aliphatic carbocycles. The number of benzene rings is 2. The first-order chi connectivity index (χ1) is 13.4. The summed E-state index contributed by atoms with van der Waals surface area (Å²) in [5, 5.41) is 5.61. The Morgan fingerprint density at radius 3 is 2.32 bits per heavy atom. The lowest BCUT2D eigenvalue weighted by atomic mass is 10.1. The first-order valence-corrected chi connectivity index (χ1v) is 9.40. The molecule has 0 unspecified atom stereocenters. The highest BCUT2D eigenvalue weighted by Crippen LogP contribution is 2.28. The van der Waals surface area contributed by atoms with E-state index in [0.717, 1.165) is 24.0 Å². The summed E-state index contributed by atoms with van der Waals surface area (Å²) >= 11 is 0. The molecule has 0 radical (unpaired) electrons. The van der Waals surface area contributed by atoms with Crippen molar-refractivity contribution in [1.82, 2.24) is 0 Å². The van der Waals surface area contributed by atoms with E-state index in [1.807, 2.05) is 39.0 Å². The normalized spacial score (nSPS) is 10.3. The summed E-state index contributed by atoms with van der Waals surface area (Å²) in [6.07, 6.45) is 2.26. The number of hydrogen-bond acceptors (Lipinski definition) is 4. The molecule has 6 heteroatoms. The van der Waals surface area contributed by atoms with Crippen molar-refractivity contribution in [2.75, 3.05) is 24.4 Å². The van der Waals surface area contributed by atoms with Crippen molar-refractivity contribution in [3.05, 3.63) is 47.5 Å². The van der Waals surface area contributed by atoms with Gasteiger partial charge in [0.15, 0.2) is 6.61 Å². The third kappa shape index (κ3) is 6.61. The minimum absolute atomic E-state index is 0.0567. The topological polar surface area (TPSA) is 76.7 Å². The lowest BCUT2D eigenvalue weighted by Gasteiger charge is -2.13. The van der Waals surface area contributed by atoms with Crippen LogP contribution in [0.2, 0.25) is 0 Å². The Kier molecular flexibility index (Phi) is 7.87. The molecule has 0 aromatic heterocycles. The average Bonchev–Trinajstić information content (AvgIpc) is 2.65. The lowest BCUT2D eigenvalue weighted by Crippen LogP contribution is -2.20. The third-order valence-corrected chi connectivity index (χ3v) is 4.08. The van der Waals surface area contributed by atoms with E-state index in [0.29, 0.717) is 29.3 Å². The quantitative estimate of drug-likeness (QED) is 0.669. The summed E-state index contributed by atoms with van der Waals surface area (Å²) in [6.45, 7) is 5.90. The van der Waals surface area contributed by atoms with E-state index in [1.165, 1.54) is 7.11 Å². The highest BCUT2D eigenvalue weighted by atomic mass is 16.5. The van der Waals surface area contributed by atoms with Gasteiger partial charge in [-0.15, -0.1) is 0 Å². The molecule has 0 aliphatic heterocycles. The van der Waals surface area contributed by atoms with E-state index in [9.17, 15) is 9.59 Å². The van der Waals surface area contributed by atoms with Crippen molar-refractivity contribution in [3.8, 4) is 11.5 Å². The lowest BCUT2D eigenvalue weighted by molar-refractivity contribution is -0.118. The van der Waals surface area contributed by atoms with Gasteiger partial charge in [0.1, 0.15) is 11.5 Å². The highest BCUT2D eigenvalue weighted by molar-refractivity contribution is 5.95. The summed E-state index contributed by atoms with van der Waals surface area (Å²) in [6, 6.07) is 10.9. The monoisotopic (exact) mass is 384 g/mol. The molecule has 2 aromatic rings. The van der Waals surface area contributed by atoms with Crippen LogP contribution in [0.5, 0.6) is 11.5 Å². The number of amides is 2. The van der Waals surface area contributed by atoms with Gasteiger partial charge in [0, 0.05) is 18.2 Å². The number of rotatable bonds is 9. The Morgan fingerprint density at radius 1 is 0.964 bits per heavy atom. The maximum atomic E-state index is 12.2. The predicted octanol–water partition coefficient (Wildman–Crippen LogP) is 4.46. The summed E-state index contributed by atoms with van der Waals surface area (Å²) < 4.78 is 10.9. The molecule has 2 N–H and O–H groups in total. The van der Waals surface area contributed by atoms with Crippen LogP contribution in [-0.4, -0.2) is 25.5 Å². The van der Waals surface area contributed by atoms with E-state index in [1.54, 1.807) is 18.2 Å². The smallest absolute Gasteiger partial charge is 0.262 e. The van der Waals surface area contributed by atoms with Crippen LogP contribution in [0, 0.1) is 13.8 Å². The number of methoxy groups -OCH3 is 1. The van der Waals surface area contributed by atoms with E-state index in [4.69, 9.17) is 9.47 Å². The minimum atomic E-state index is -0.277. The molecule has 0 atom stereocenters. The number of anilines is 2. The van der Waals surface area contributed by atoms with Crippen LogP contribution in [0.4, 0.5) is 11.4 Å². The van der Waals surface area contributed by atoms with Crippen molar-refractivity contribution in [3.63, 3.8) is 0 Å². The summed E-state index contributed by atoms with van der Waals surface area (Å²) in [5.74, 6) is 0.813. The SMILES string of the molecule is CCCCC(=O)Nc1ccc(NC(=O)COc2cc(C)cc(C)c2)cc1OC. The fourth-order valence-electron chi connectivity index (χ4n) is 2.78. The summed E-state index contributed by atoms with van der Waals surface area (Å²) in [5.41, 5.74) is 3.30. The van der Waals surface area contributed by atoms with Crippen LogP contribution in [0.25, 0.3) is 0 Å². The Bertz CT molecular complexity index is 813. The zero-order valence-corrected chi connectivity index (χ0v) is 16.9. The molecule has 28 heavy (non-hydrogen) atoms. The minimum Gasteiger partial charge on any atom is -0.494 e. The van der Waals surface area contributed by atoms with Gasteiger partial charge in [-0.05, 0) is 55.7 Å². The van der Waals surface area contributed by atoms with Crippen LogP contribution >= 0.6 is 0 Å². The van der Waals surface area contributed by atoms with E-state index in [2.05, 4.69) is 10.6 Å². The molecule has 0 fully saturated rings. The molecule has 150 valence electrons. The summed E-state index contributed by atoms with van der Waals surface area (Å²) in [4.78, 5) is 24.1. The van der Waals surface area contributed by atoms with E-state index >= 15 is 0 Å². The van der Waals surface area contributed by atoms with Crippen LogP contribution in [-0.2, 0) is 9.59 Å². The van der Waals surface area contributed by atoms with Gasteiger partial charge in [-0.3, -0.25) is 9.59 Å². The molecule has 0 saturated carbocycles. The number of nitrogens with one attached hydrogen (secondary N) is 2. The fourth-order valence-corrected chi connectivity index (χ4v) is 2.78. The number of unbranched alkanes of at least 4 members (excludes halogenated alkanes) is 1. The summed E-state index contributed by atoms with van der Waals surface area (Å²) in [7, 11) is 1.52. The van der Waals surface area contributed by atoms with Crippen molar-refractivity contribution in [2.24, 2.45) is 0 Å². The second kappa shape index (κ2) is 10.3. The molecule has 2 amide bonds. The van der Waals surface area contributed by atoms with Crippen LogP contribution < -0.4 is 20.1 Å². The molecule has 2 rings (SSSR count). The zero-order chi connectivity index (χ0) is 20.5. The van der Waals surface area contributed by atoms with Gasteiger partial charge in [-0.25, -0.2) is 0 Å². The first-order valence-electron chi connectivity index (χ1n) is 9.40. The van der Waals surface area contributed by atoms with Crippen LogP contribution in [0.15, 0.2) is 36.4 Å². The second-order valence-electron chi connectivity index (χ2n) is 6.73. The van der Waals surface area contributed by atoms with Crippen LogP contribution in [0.1, 0.15) is 37.3 Å². The van der Waals surface area contributed by atoms with Gasteiger partial charge in [0.2, 0.25) is 5.91 Å². The highest BCUT2D eigenvalue weighted by Gasteiger charge is 2.10. The molecular weight excluding hydrogens is 356 g/mol. The number of carbonyl (C=O) groups is 2. The van der Waals surface area contributed by atoms with Gasteiger partial charge in [0.05, 0.1) is 12.8 Å². The molecule has 6 nitrogen and oxygen atoms in total. The maximum absolute atomic E-state index is 12.2. The molecular formula is C22H28N2O4. The second-order valence-corrected chi connectivity index (χ2v) is 6.73. The van der Waals surface area contributed by atoms with Gasteiger partial charge < -0.3 is 20.1 Å². The predicted molar refractivity (Wildman–Crippen MR) is 111 cm³/mol. The van der Waals surface area contributed by atoms with Crippen LogP contribution in [0.3, 0.4) is 0 Å². The van der Waals surface area contributed by atoms with Crippen molar-refractivity contribution in [1.29, 1.82) is 0 Å². The largest absolute Gasteiger partial charge is 0.494 e.